The van der Waals surface area contributed by atoms with Crippen molar-refractivity contribution in [3.05, 3.63) is 51.9 Å². The zero-order chi connectivity index (χ0) is 22.4. The highest BCUT2D eigenvalue weighted by Crippen LogP contribution is 2.36. The average Bonchev–Trinajstić information content (AvgIpc) is 3.31. The summed E-state index contributed by atoms with van der Waals surface area (Å²) < 4.78 is 8.43. The second-order valence-corrected chi connectivity index (χ2v) is 10.5. The van der Waals surface area contributed by atoms with E-state index in [-0.39, 0.29) is 17.6 Å². The van der Waals surface area contributed by atoms with Crippen LogP contribution < -0.4 is 10.3 Å². The summed E-state index contributed by atoms with van der Waals surface area (Å²) in [7, 11) is 2.23. The number of rotatable bonds is 6. The Labute approximate surface area is 192 Å². The summed E-state index contributed by atoms with van der Waals surface area (Å²) in [5, 5.41) is 10.5. The smallest absolute Gasteiger partial charge is 0.275 e. The topological polar surface area (TPSA) is 67.6 Å². The van der Waals surface area contributed by atoms with E-state index in [4.69, 9.17) is 4.74 Å². The fraction of sp³-hybridized carbons (Fsp3) is 0.520. The van der Waals surface area contributed by atoms with Crippen molar-refractivity contribution in [2.75, 3.05) is 7.05 Å². The van der Waals surface area contributed by atoms with E-state index in [2.05, 4.69) is 23.9 Å². The summed E-state index contributed by atoms with van der Waals surface area (Å²) in [6.07, 6.45) is 6.85. The molecule has 0 amide bonds. The number of ether oxygens (including phenoxy) is 1. The number of aliphatic hydroxyl groups excluding tert-OH is 1. The Hall–Kier alpha value is -2.22. The first-order chi connectivity index (χ1) is 15.4. The van der Waals surface area contributed by atoms with Gasteiger partial charge in [-0.05, 0) is 69.0 Å². The van der Waals surface area contributed by atoms with Crippen LogP contribution in [0.5, 0.6) is 5.75 Å². The van der Waals surface area contributed by atoms with Gasteiger partial charge in [-0.25, -0.2) is 4.98 Å². The molecule has 4 heterocycles. The number of piperidine rings is 1. The third kappa shape index (κ3) is 3.87. The summed E-state index contributed by atoms with van der Waals surface area (Å²) in [5.41, 5.74) is 1.30. The SMILES string of the molecule is CCC(C)C(O)c1cc2ncn(-c3ccc(O[C@H]4C[C@H]5CC[C@@H](C4)N5C)cc3)c(=O)c2s1. The van der Waals surface area contributed by atoms with Gasteiger partial charge >= 0.3 is 0 Å². The first-order valence-electron chi connectivity index (χ1n) is 11.6. The highest BCUT2D eigenvalue weighted by atomic mass is 32.1. The molecule has 2 saturated heterocycles. The number of hydrogen-bond acceptors (Lipinski definition) is 6. The quantitative estimate of drug-likeness (QED) is 0.594. The molecule has 5 rings (SSSR count). The van der Waals surface area contributed by atoms with E-state index in [1.165, 1.54) is 24.2 Å². The Morgan fingerprint density at radius 1 is 1.22 bits per heavy atom. The molecule has 2 unspecified atom stereocenters. The van der Waals surface area contributed by atoms with Gasteiger partial charge in [-0.15, -0.1) is 11.3 Å². The van der Waals surface area contributed by atoms with Crippen LogP contribution in [0, 0.1) is 5.92 Å². The predicted molar refractivity (Wildman–Crippen MR) is 128 cm³/mol. The summed E-state index contributed by atoms with van der Waals surface area (Å²) in [6.45, 7) is 4.07. The van der Waals surface area contributed by atoms with E-state index in [9.17, 15) is 9.90 Å². The number of benzene rings is 1. The minimum Gasteiger partial charge on any atom is -0.490 e. The maximum atomic E-state index is 13.1. The summed E-state index contributed by atoms with van der Waals surface area (Å²) in [5.74, 6) is 0.984. The molecule has 6 nitrogen and oxygen atoms in total. The van der Waals surface area contributed by atoms with Crippen LogP contribution >= 0.6 is 11.3 Å². The van der Waals surface area contributed by atoms with Crippen LogP contribution in [0.4, 0.5) is 0 Å². The van der Waals surface area contributed by atoms with Crippen molar-refractivity contribution in [1.82, 2.24) is 14.5 Å². The number of nitrogens with zero attached hydrogens (tertiary/aromatic N) is 3. The number of thiophene rings is 1. The lowest BCUT2D eigenvalue weighted by Gasteiger charge is -2.36. The molecule has 2 fully saturated rings. The van der Waals surface area contributed by atoms with Crippen molar-refractivity contribution in [2.45, 2.75) is 70.2 Å². The predicted octanol–water partition coefficient (Wildman–Crippen LogP) is 4.53. The fourth-order valence-corrected chi connectivity index (χ4v) is 6.26. The molecule has 0 aliphatic carbocycles. The molecule has 0 saturated carbocycles. The lowest BCUT2D eigenvalue weighted by Crippen LogP contribution is -2.43. The van der Waals surface area contributed by atoms with Gasteiger partial charge in [0.2, 0.25) is 0 Å². The maximum Gasteiger partial charge on any atom is 0.275 e. The van der Waals surface area contributed by atoms with Crippen molar-refractivity contribution in [2.24, 2.45) is 5.92 Å². The second-order valence-electron chi connectivity index (χ2n) is 9.37. The van der Waals surface area contributed by atoms with Gasteiger partial charge in [0.25, 0.3) is 5.56 Å². The minimum atomic E-state index is -0.571. The van der Waals surface area contributed by atoms with E-state index in [0.29, 0.717) is 22.3 Å². The standard InChI is InChI=1S/C25H31N3O3S/c1-4-15(2)23(29)22-13-21-24(32-22)25(30)28(14-26-21)16-7-9-19(10-8-16)31-20-11-17-5-6-18(12-20)27(17)3/h7-10,13-15,17-18,20,23,29H,4-6,11-12H2,1-3H3/t15?,17-,18+,20+,23?. The molecule has 0 radical (unpaired) electrons. The summed E-state index contributed by atoms with van der Waals surface area (Å²) in [4.78, 5) is 20.9. The first-order valence-corrected chi connectivity index (χ1v) is 12.4. The van der Waals surface area contributed by atoms with E-state index < -0.39 is 6.10 Å². The number of aromatic nitrogens is 2. The van der Waals surface area contributed by atoms with Crippen LogP contribution in [0.1, 0.15) is 56.9 Å². The largest absolute Gasteiger partial charge is 0.490 e. The van der Waals surface area contributed by atoms with E-state index in [1.807, 2.05) is 37.3 Å². The number of fused-ring (bicyclic) bond motifs is 3. The Morgan fingerprint density at radius 2 is 1.91 bits per heavy atom. The van der Waals surface area contributed by atoms with Crippen molar-refractivity contribution in [3.63, 3.8) is 0 Å². The Bertz CT molecular complexity index is 1140. The molecule has 2 aromatic heterocycles. The van der Waals surface area contributed by atoms with Crippen LogP contribution in [0.25, 0.3) is 15.9 Å². The summed E-state index contributed by atoms with van der Waals surface area (Å²) >= 11 is 1.34. The molecular formula is C25H31N3O3S. The second kappa shape index (κ2) is 8.61. The van der Waals surface area contributed by atoms with E-state index in [1.54, 1.807) is 10.9 Å². The van der Waals surface area contributed by atoms with Crippen LogP contribution in [0.3, 0.4) is 0 Å². The van der Waals surface area contributed by atoms with Gasteiger partial charge < -0.3 is 14.7 Å². The highest BCUT2D eigenvalue weighted by Gasteiger charge is 2.39. The van der Waals surface area contributed by atoms with Crippen LogP contribution in [-0.2, 0) is 0 Å². The third-order valence-corrected chi connectivity index (χ3v) is 8.59. The first kappa shape index (κ1) is 21.6. The molecule has 1 N–H and O–H groups in total. The molecule has 5 atom stereocenters. The molecule has 0 spiro atoms. The molecule has 3 aromatic rings. The van der Waals surface area contributed by atoms with E-state index in [0.717, 1.165) is 35.6 Å². The van der Waals surface area contributed by atoms with Crippen LogP contribution in [0.2, 0.25) is 0 Å². The van der Waals surface area contributed by atoms with Gasteiger partial charge in [-0.1, -0.05) is 20.3 Å². The van der Waals surface area contributed by atoms with Crippen molar-refractivity contribution >= 4 is 21.6 Å². The van der Waals surface area contributed by atoms with Crippen molar-refractivity contribution in [3.8, 4) is 11.4 Å². The van der Waals surface area contributed by atoms with Gasteiger partial charge in [0, 0.05) is 17.0 Å². The van der Waals surface area contributed by atoms with Gasteiger partial charge in [0.15, 0.2) is 0 Å². The Balaban J connectivity index is 1.35. The number of hydrogen-bond donors (Lipinski definition) is 1. The fourth-order valence-electron chi connectivity index (χ4n) is 5.10. The Morgan fingerprint density at radius 3 is 2.56 bits per heavy atom. The normalized spacial score (nSPS) is 25.2. The highest BCUT2D eigenvalue weighted by molar-refractivity contribution is 7.19. The average molecular weight is 454 g/mol. The molecule has 170 valence electrons. The molecule has 32 heavy (non-hydrogen) atoms. The molecule has 2 aliphatic heterocycles. The van der Waals surface area contributed by atoms with Gasteiger partial charge in [-0.3, -0.25) is 9.36 Å². The number of aliphatic hydroxyl groups is 1. The van der Waals surface area contributed by atoms with Crippen LogP contribution in [0.15, 0.2) is 41.5 Å². The molecule has 7 heteroatoms. The molecule has 1 aromatic carbocycles. The zero-order valence-corrected chi connectivity index (χ0v) is 19.7. The Kier molecular flexibility index (Phi) is 5.82. The zero-order valence-electron chi connectivity index (χ0n) is 18.9. The molecule has 2 aliphatic rings. The van der Waals surface area contributed by atoms with Crippen molar-refractivity contribution < 1.29 is 9.84 Å². The van der Waals surface area contributed by atoms with Crippen molar-refractivity contribution in [1.29, 1.82) is 0 Å². The lowest BCUT2D eigenvalue weighted by atomic mass is 10.0. The minimum absolute atomic E-state index is 0.108. The summed E-state index contributed by atoms with van der Waals surface area (Å²) in [6, 6.07) is 10.8. The van der Waals surface area contributed by atoms with Gasteiger partial charge in [0.1, 0.15) is 22.9 Å². The van der Waals surface area contributed by atoms with Crippen LogP contribution in [-0.4, -0.2) is 44.8 Å². The van der Waals surface area contributed by atoms with Gasteiger partial charge in [-0.2, -0.15) is 0 Å². The van der Waals surface area contributed by atoms with E-state index >= 15 is 0 Å². The molecule has 2 bridgehead atoms. The maximum absolute atomic E-state index is 13.1. The monoisotopic (exact) mass is 453 g/mol. The third-order valence-electron chi connectivity index (χ3n) is 7.40. The lowest BCUT2D eigenvalue weighted by molar-refractivity contribution is 0.0662. The molecular weight excluding hydrogens is 422 g/mol. The van der Waals surface area contributed by atoms with Gasteiger partial charge in [0.05, 0.1) is 17.3 Å².